The van der Waals surface area contributed by atoms with Crippen LogP contribution in [0.3, 0.4) is 0 Å². The first kappa shape index (κ1) is 15.4. The molecule has 1 aromatic carbocycles. The van der Waals surface area contributed by atoms with E-state index in [0.717, 1.165) is 44.2 Å². The summed E-state index contributed by atoms with van der Waals surface area (Å²) in [5, 5.41) is 3.89. The van der Waals surface area contributed by atoms with Gasteiger partial charge in [-0.2, -0.15) is 4.98 Å². The van der Waals surface area contributed by atoms with Crippen LogP contribution in [0.15, 0.2) is 22.7 Å². The van der Waals surface area contributed by atoms with Crippen molar-refractivity contribution in [3.63, 3.8) is 0 Å². The number of benzene rings is 1. The third kappa shape index (κ3) is 2.83. The van der Waals surface area contributed by atoms with E-state index in [1.165, 1.54) is 24.0 Å². The number of rotatable bonds is 2. The van der Waals surface area contributed by atoms with Gasteiger partial charge < -0.3 is 9.42 Å². The highest BCUT2D eigenvalue weighted by molar-refractivity contribution is 5.94. The van der Waals surface area contributed by atoms with Crippen molar-refractivity contribution >= 4 is 5.91 Å². The van der Waals surface area contributed by atoms with Crippen LogP contribution in [0.2, 0.25) is 0 Å². The van der Waals surface area contributed by atoms with Crippen LogP contribution in [0.25, 0.3) is 0 Å². The number of fused-ring (bicyclic) bond motifs is 1. The lowest BCUT2D eigenvalue weighted by molar-refractivity contribution is 0.0561. The minimum atomic E-state index is -0.0940. The quantitative estimate of drug-likeness (QED) is 0.846. The maximum absolute atomic E-state index is 13.1. The molecule has 0 spiro atoms. The van der Waals surface area contributed by atoms with E-state index in [4.69, 9.17) is 4.52 Å². The average molecular weight is 325 g/mol. The highest BCUT2D eigenvalue weighted by atomic mass is 16.5. The fourth-order valence-electron chi connectivity index (χ4n) is 3.91. The highest BCUT2D eigenvalue weighted by Crippen LogP contribution is 2.32. The molecule has 4 rings (SSSR count). The average Bonchev–Trinajstić information content (AvgIpc) is 3.07. The molecule has 0 radical (unpaired) electrons. The van der Waals surface area contributed by atoms with Crippen LogP contribution < -0.4 is 0 Å². The van der Waals surface area contributed by atoms with Crippen LogP contribution >= 0.6 is 0 Å². The molecule has 1 aliphatic carbocycles. The van der Waals surface area contributed by atoms with Gasteiger partial charge in [-0.1, -0.05) is 11.2 Å². The summed E-state index contributed by atoms with van der Waals surface area (Å²) in [5.41, 5.74) is 3.54. The van der Waals surface area contributed by atoms with Gasteiger partial charge in [0, 0.05) is 12.1 Å². The topological polar surface area (TPSA) is 59.2 Å². The van der Waals surface area contributed by atoms with Gasteiger partial charge >= 0.3 is 0 Å². The van der Waals surface area contributed by atoms with Crippen molar-refractivity contribution in [3.8, 4) is 0 Å². The molecule has 0 bridgehead atoms. The Balaban J connectivity index is 1.62. The third-order valence-corrected chi connectivity index (χ3v) is 5.19. The molecule has 1 saturated heterocycles. The number of nitrogens with zero attached hydrogens (tertiary/aromatic N) is 3. The van der Waals surface area contributed by atoms with E-state index in [1.54, 1.807) is 0 Å². The predicted octanol–water partition coefficient (Wildman–Crippen LogP) is 3.62. The molecule has 5 nitrogen and oxygen atoms in total. The lowest BCUT2D eigenvalue weighted by Gasteiger charge is -2.33. The first-order chi connectivity index (χ1) is 11.7. The van der Waals surface area contributed by atoms with Crippen molar-refractivity contribution in [1.82, 2.24) is 15.0 Å². The standard InChI is InChI=1S/C19H23N3O2/c1-13-20-18(24-21-13)17-8-4-5-11-22(17)19(23)16-10-9-14-6-2-3-7-15(14)12-16/h9-10,12,17H,2-8,11H2,1H3/t17-/m1/s1. The predicted molar refractivity (Wildman–Crippen MR) is 89.7 cm³/mol. The SMILES string of the molecule is Cc1noc([C@H]2CCCCN2C(=O)c2ccc3c(c2)CCCC3)n1. The van der Waals surface area contributed by atoms with Crippen molar-refractivity contribution in [2.75, 3.05) is 6.54 Å². The summed E-state index contributed by atoms with van der Waals surface area (Å²) < 4.78 is 5.36. The van der Waals surface area contributed by atoms with Crippen molar-refractivity contribution in [2.45, 2.75) is 57.9 Å². The van der Waals surface area contributed by atoms with Crippen molar-refractivity contribution in [1.29, 1.82) is 0 Å². The number of hydrogen-bond donors (Lipinski definition) is 0. The summed E-state index contributed by atoms with van der Waals surface area (Å²) in [6, 6.07) is 6.12. The molecule has 5 heteroatoms. The largest absolute Gasteiger partial charge is 0.337 e. The molecular formula is C19H23N3O2. The van der Waals surface area contributed by atoms with Crippen LogP contribution in [-0.2, 0) is 12.8 Å². The zero-order chi connectivity index (χ0) is 16.5. The van der Waals surface area contributed by atoms with Crippen LogP contribution in [0.5, 0.6) is 0 Å². The molecule has 1 aromatic heterocycles. The van der Waals surface area contributed by atoms with Gasteiger partial charge in [0.15, 0.2) is 5.82 Å². The van der Waals surface area contributed by atoms with E-state index in [0.29, 0.717) is 11.7 Å². The van der Waals surface area contributed by atoms with E-state index in [2.05, 4.69) is 22.3 Å². The summed E-state index contributed by atoms with van der Waals surface area (Å²) in [6.45, 7) is 2.56. The summed E-state index contributed by atoms with van der Waals surface area (Å²) in [4.78, 5) is 19.4. The Morgan fingerprint density at radius 3 is 2.79 bits per heavy atom. The number of carbonyl (C=O) groups is 1. The number of piperidine rings is 1. The van der Waals surface area contributed by atoms with Crippen LogP contribution in [0.4, 0.5) is 0 Å². The summed E-state index contributed by atoms with van der Waals surface area (Å²) in [6.07, 6.45) is 7.70. The number of aryl methyl sites for hydroxylation is 3. The Bertz CT molecular complexity index is 753. The third-order valence-electron chi connectivity index (χ3n) is 5.19. The number of carbonyl (C=O) groups excluding carboxylic acids is 1. The van der Waals surface area contributed by atoms with Crippen molar-refractivity contribution in [2.24, 2.45) is 0 Å². The first-order valence-electron chi connectivity index (χ1n) is 8.95. The van der Waals surface area contributed by atoms with Crippen molar-refractivity contribution < 1.29 is 9.32 Å². The van der Waals surface area contributed by atoms with E-state index < -0.39 is 0 Å². The Hall–Kier alpha value is -2.17. The molecule has 2 heterocycles. The Labute approximate surface area is 142 Å². The summed E-state index contributed by atoms with van der Waals surface area (Å²) >= 11 is 0. The normalized spacial score (nSPS) is 20.7. The Morgan fingerprint density at radius 2 is 2.00 bits per heavy atom. The zero-order valence-electron chi connectivity index (χ0n) is 14.1. The highest BCUT2D eigenvalue weighted by Gasteiger charge is 2.32. The Morgan fingerprint density at radius 1 is 1.17 bits per heavy atom. The van der Waals surface area contributed by atoms with Gasteiger partial charge in [0.1, 0.15) is 6.04 Å². The molecule has 1 aliphatic heterocycles. The second kappa shape index (κ2) is 6.38. The van der Waals surface area contributed by atoms with Gasteiger partial charge in [0.05, 0.1) is 0 Å². The number of aromatic nitrogens is 2. The molecule has 1 atom stereocenters. The molecule has 0 saturated carbocycles. The molecular weight excluding hydrogens is 302 g/mol. The second-order valence-electron chi connectivity index (χ2n) is 6.88. The van der Waals surface area contributed by atoms with E-state index in [9.17, 15) is 4.79 Å². The van der Waals surface area contributed by atoms with Crippen LogP contribution in [0, 0.1) is 6.92 Å². The number of likely N-dealkylation sites (tertiary alicyclic amines) is 1. The molecule has 126 valence electrons. The van der Waals surface area contributed by atoms with Crippen LogP contribution in [-0.4, -0.2) is 27.5 Å². The van der Waals surface area contributed by atoms with Gasteiger partial charge in [-0.25, -0.2) is 0 Å². The fourth-order valence-corrected chi connectivity index (χ4v) is 3.91. The molecule has 0 N–H and O–H groups in total. The minimum absolute atomic E-state index is 0.0870. The molecule has 2 aromatic rings. The minimum Gasteiger partial charge on any atom is -0.337 e. The van der Waals surface area contributed by atoms with Gasteiger partial charge in [0.2, 0.25) is 5.89 Å². The van der Waals surface area contributed by atoms with Gasteiger partial charge in [0.25, 0.3) is 5.91 Å². The van der Waals surface area contributed by atoms with E-state index in [1.807, 2.05) is 17.9 Å². The van der Waals surface area contributed by atoms with Crippen LogP contribution in [0.1, 0.15) is 71.3 Å². The smallest absolute Gasteiger partial charge is 0.254 e. The number of amides is 1. The first-order valence-corrected chi connectivity index (χ1v) is 8.95. The molecule has 1 fully saturated rings. The number of hydrogen-bond acceptors (Lipinski definition) is 4. The molecule has 1 amide bonds. The Kier molecular flexibility index (Phi) is 4.08. The van der Waals surface area contributed by atoms with Gasteiger partial charge in [-0.15, -0.1) is 0 Å². The van der Waals surface area contributed by atoms with E-state index in [-0.39, 0.29) is 11.9 Å². The van der Waals surface area contributed by atoms with Gasteiger partial charge in [-0.3, -0.25) is 4.79 Å². The summed E-state index contributed by atoms with van der Waals surface area (Å²) in [5.74, 6) is 1.28. The maximum Gasteiger partial charge on any atom is 0.254 e. The van der Waals surface area contributed by atoms with Crippen molar-refractivity contribution in [3.05, 3.63) is 46.6 Å². The lowest BCUT2D eigenvalue weighted by Crippen LogP contribution is -2.38. The zero-order valence-corrected chi connectivity index (χ0v) is 14.1. The lowest BCUT2D eigenvalue weighted by atomic mass is 9.90. The maximum atomic E-state index is 13.1. The molecule has 2 aliphatic rings. The van der Waals surface area contributed by atoms with E-state index >= 15 is 0 Å². The second-order valence-corrected chi connectivity index (χ2v) is 6.88. The molecule has 24 heavy (non-hydrogen) atoms. The van der Waals surface area contributed by atoms with Gasteiger partial charge in [-0.05, 0) is 75.1 Å². The fraction of sp³-hybridized carbons (Fsp3) is 0.526. The summed E-state index contributed by atoms with van der Waals surface area (Å²) in [7, 11) is 0. The molecule has 0 unspecified atom stereocenters. The monoisotopic (exact) mass is 325 g/mol.